The lowest BCUT2D eigenvalue weighted by molar-refractivity contribution is -0.141. The van der Waals surface area contributed by atoms with Crippen LogP contribution < -0.4 is 10.1 Å². The number of methoxy groups -OCH3 is 1. The Bertz CT molecular complexity index is 965. The number of nitrogens with zero attached hydrogens (tertiary/aromatic N) is 3. The molecular weight excluding hydrogens is 381 g/mol. The number of aryl methyl sites for hydroxylation is 1. The summed E-state index contributed by atoms with van der Waals surface area (Å²) in [5, 5.41) is 3.34. The highest BCUT2D eigenvalue weighted by molar-refractivity contribution is 6.31. The first kappa shape index (κ1) is 18.9. The van der Waals surface area contributed by atoms with Gasteiger partial charge in [0.05, 0.1) is 12.8 Å². The Hall–Kier alpha value is -2.87. The highest BCUT2D eigenvalue weighted by Gasteiger charge is 2.34. The lowest BCUT2D eigenvalue weighted by Gasteiger charge is -2.15. The van der Waals surface area contributed by atoms with Crippen molar-refractivity contribution in [1.82, 2.24) is 15.0 Å². The molecule has 9 heteroatoms. The van der Waals surface area contributed by atoms with Gasteiger partial charge in [-0.25, -0.2) is 9.97 Å². The molecule has 0 atom stereocenters. The molecule has 0 aliphatic heterocycles. The first-order valence-corrected chi connectivity index (χ1v) is 8.13. The molecule has 3 rings (SSSR count). The van der Waals surface area contributed by atoms with Gasteiger partial charge in [0.25, 0.3) is 0 Å². The Morgan fingerprint density at radius 1 is 1.15 bits per heavy atom. The number of alkyl halides is 3. The van der Waals surface area contributed by atoms with Crippen molar-refractivity contribution < 1.29 is 17.9 Å². The van der Waals surface area contributed by atoms with E-state index < -0.39 is 11.9 Å². The van der Waals surface area contributed by atoms with Crippen molar-refractivity contribution in [3.8, 4) is 17.1 Å². The largest absolute Gasteiger partial charge is 0.495 e. The van der Waals surface area contributed by atoms with Gasteiger partial charge in [0, 0.05) is 35.1 Å². The van der Waals surface area contributed by atoms with Crippen molar-refractivity contribution in [2.75, 3.05) is 12.4 Å². The van der Waals surface area contributed by atoms with Gasteiger partial charge in [-0.15, -0.1) is 0 Å². The summed E-state index contributed by atoms with van der Waals surface area (Å²) in [5.74, 6) is 0.252. The van der Waals surface area contributed by atoms with Crippen LogP contribution in [0.15, 0.2) is 42.7 Å². The average Bonchev–Trinajstić information content (AvgIpc) is 2.64. The highest BCUT2D eigenvalue weighted by atomic mass is 35.5. The molecule has 0 saturated carbocycles. The molecule has 0 fully saturated rings. The summed E-state index contributed by atoms with van der Waals surface area (Å²) in [7, 11) is 1.44. The Morgan fingerprint density at radius 3 is 2.56 bits per heavy atom. The topological polar surface area (TPSA) is 59.9 Å². The number of rotatable bonds is 4. The summed E-state index contributed by atoms with van der Waals surface area (Å²) >= 11 is 6.07. The Kier molecular flexibility index (Phi) is 5.18. The molecule has 3 aromatic rings. The third kappa shape index (κ3) is 4.28. The zero-order valence-corrected chi connectivity index (χ0v) is 15.1. The highest BCUT2D eigenvalue weighted by Crippen LogP contribution is 2.35. The normalized spacial score (nSPS) is 11.3. The van der Waals surface area contributed by atoms with Crippen molar-refractivity contribution >= 4 is 23.1 Å². The van der Waals surface area contributed by atoms with Crippen molar-refractivity contribution in [2.45, 2.75) is 13.1 Å². The number of hydrogen-bond acceptors (Lipinski definition) is 5. The third-order valence-electron chi connectivity index (χ3n) is 3.68. The first-order valence-electron chi connectivity index (χ1n) is 7.76. The van der Waals surface area contributed by atoms with Crippen LogP contribution in [-0.4, -0.2) is 22.1 Å². The molecule has 1 N–H and O–H groups in total. The quantitative estimate of drug-likeness (QED) is 0.653. The molecule has 140 valence electrons. The third-order valence-corrected chi connectivity index (χ3v) is 4.09. The van der Waals surface area contributed by atoms with Crippen molar-refractivity contribution in [3.05, 3.63) is 59.0 Å². The molecule has 2 aromatic heterocycles. The summed E-state index contributed by atoms with van der Waals surface area (Å²) in [5.41, 5.74) is 0.468. The maximum absolute atomic E-state index is 13.3. The molecule has 0 radical (unpaired) electrons. The molecule has 0 unspecified atom stereocenters. The zero-order valence-electron chi connectivity index (χ0n) is 14.3. The van der Waals surface area contributed by atoms with Crippen LogP contribution in [0.4, 0.5) is 24.7 Å². The minimum absolute atomic E-state index is 0.0313. The number of anilines is 2. The maximum atomic E-state index is 13.3. The molecular formula is C18H14ClF3N4O. The van der Waals surface area contributed by atoms with Crippen LogP contribution in [0.25, 0.3) is 11.4 Å². The van der Waals surface area contributed by atoms with Crippen LogP contribution in [0.1, 0.15) is 11.3 Å². The molecule has 0 saturated heterocycles. The number of aromatic nitrogens is 3. The van der Waals surface area contributed by atoms with E-state index in [0.29, 0.717) is 22.0 Å². The lowest BCUT2D eigenvalue weighted by Crippen LogP contribution is -2.11. The van der Waals surface area contributed by atoms with Crippen LogP contribution >= 0.6 is 11.6 Å². The van der Waals surface area contributed by atoms with E-state index in [9.17, 15) is 13.2 Å². The summed E-state index contributed by atoms with van der Waals surface area (Å²) in [6.45, 7) is 1.77. The van der Waals surface area contributed by atoms with E-state index in [1.165, 1.54) is 19.5 Å². The van der Waals surface area contributed by atoms with Crippen LogP contribution in [0, 0.1) is 6.92 Å². The molecule has 1 aromatic carbocycles. The molecule has 0 aliphatic rings. The number of pyridine rings is 1. The number of hydrogen-bond donors (Lipinski definition) is 1. The predicted molar refractivity (Wildman–Crippen MR) is 96.3 cm³/mol. The summed E-state index contributed by atoms with van der Waals surface area (Å²) < 4.78 is 45.1. The molecule has 5 nitrogen and oxygen atoms in total. The number of nitrogens with one attached hydrogen (secondary N) is 1. The van der Waals surface area contributed by atoms with Gasteiger partial charge in [-0.05, 0) is 30.7 Å². The second kappa shape index (κ2) is 7.40. The van der Waals surface area contributed by atoms with Gasteiger partial charge in [-0.2, -0.15) is 13.2 Å². The fourth-order valence-corrected chi connectivity index (χ4v) is 2.50. The molecule has 2 heterocycles. The minimum atomic E-state index is -4.63. The van der Waals surface area contributed by atoms with Crippen LogP contribution in [-0.2, 0) is 6.18 Å². The van der Waals surface area contributed by atoms with Gasteiger partial charge in [0.15, 0.2) is 11.5 Å². The van der Waals surface area contributed by atoms with E-state index in [0.717, 1.165) is 11.6 Å². The fourth-order valence-electron chi connectivity index (χ4n) is 2.35. The van der Waals surface area contributed by atoms with E-state index in [1.807, 2.05) is 0 Å². The summed E-state index contributed by atoms with van der Waals surface area (Å²) in [6.07, 6.45) is -1.72. The maximum Gasteiger partial charge on any atom is 0.433 e. The van der Waals surface area contributed by atoms with E-state index in [1.54, 1.807) is 31.2 Å². The van der Waals surface area contributed by atoms with E-state index in [4.69, 9.17) is 16.3 Å². The lowest BCUT2D eigenvalue weighted by atomic mass is 10.2. The Balaban J connectivity index is 2.09. The van der Waals surface area contributed by atoms with Crippen LogP contribution in [0.2, 0.25) is 5.02 Å². The van der Waals surface area contributed by atoms with E-state index in [-0.39, 0.29) is 11.6 Å². The van der Waals surface area contributed by atoms with Crippen molar-refractivity contribution in [3.63, 3.8) is 0 Å². The summed E-state index contributed by atoms with van der Waals surface area (Å²) in [6, 6.07) is 7.26. The SMILES string of the molecule is COc1cc(Cl)c(C)cc1Nc1cc(C(F)(F)F)nc(-c2cccnc2)n1. The molecule has 0 amide bonds. The van der Waals surface area contributed by atoms with Crippen LogP contribution in [0.3, 0.4) is 0 Å². The second-order valence-corrected chi connectivity index (χ2v) is 6.04. The number of halogens is 4. The molecule has 27 heavy (non-hydrogen) atoms. The standard InChI is InChI=1S/C18H14ClF3N4O/c1-10-6-13(14(27-2)7-12(10)19)24-16-8-15(18(20,21)22)25-17(26-16)11-4-3-5-23-9-11/h3-9H,1-2H3,(H,24,25,26). The van der Waals surface area contributed by atoms with Gasteiger partial charge >= 0.3 is 6.18 Å². The predicted octanol–water partition coefficient (Wildman–Crippen LogP) is 5.27. The van der Waals surface area contributed by atoms with Crippen LogP contribution in [0.5, 0.6) is 5.75 Å². The van der Waals surface area contributed by atoms with Gasteiger partial charge in [-0.3, -0.25) is 4.98 Å². The first-order chi connectivity index (χ1) is 12.8. The molecule has 0 aliphatic carbocycles. The van der Waals surface area contributed by atoms with Gasteiger partial charge in [0.1, 0.15) is 11.6 Å². The van der Waals surface area contributed by atoms with E-state index in [2.05, 4.69) is 20.3 Å². The van der Waals surface area contributed by atoms with E-state index >= 15 is 0 Å². The number of benzene rings is 1. The monoisotopic (exact) mass is 394 g/mol. The smallest absolute Gasteiger partial charge is 0.433 e. The average molecular weight is 395 g/mol. The Labute approximate surface area is 158 Å². The van der Waals surface area contributed by atoms with Gasteiger partial charge in [0.2, 0.25) is 0 Å². The van der Waals surface area contributed by atoms with Gasteiger partial charge < -0.3 is 10.1 Å². The summed E-state index contributed by atoms with van der Waals surface area (Å²) in [4.78, 5) is 11.7. The second-order valence-electron chi connectivity index (χ2n) is 5.63. The Morgan fingerprint density at radius 2 is 1.93 bits per heavy atom. The van der Waals surface area contributed by atoms with Gasteiger partial charge in [-0.1, -0.05) is 11.6 Å². The minimum Gasteiger partial charge on any atom is -0.495 e. The molecule has 0 spiro atoms. The fraction of sp³-hybridized carbons (Fsp3) is 0.167. The van der Waals surface area contributed by atoms with Crippen molar-refractivity contribution in [1.29, 1.82) is 0 Å². The molecule has 0 bridgehead atoms. The van der Waals surface area contributed by atoms with Crippen molar-refractivity contribution in [2.24, 2.45) is 0 Å². The zero-order chi connectivity index (χ0) is 19.6. The number of ether oxygens (including phenoxy) is 1.